The Morgan fingerprint density at radius 3 is 2.60 bits per heavy atom. The van der Waals surface area contributed by atoms with E-state index >= 15 is 0 Å². The predicted molar refractivity (Wildman–Crippen MR) is 80.5 cm³/mol. The summed E-state index contributed by atoms with van der Waals surface area (Å²) in [5, 5.41) is 0. The molecule has 2 aliphatic rings. The standard InChI is InChI=1S/C15H24N2O2.ClH/c1-11-10-18-8-7-17(11)14-5-3-13(4-6-14)15-16-9-12(2)19-15;/h9,11,13-14H,3-8,10H2,1-2H3;1H. The molecule has 1 aliphatic carbocycles. The molecule has 1 aromatic heterocycles. The molecule has 3 rings (SSSR count). The zero-order chi connectivity index (χ0) is 13.2. The third-order valence-corrected chi connectivity index (χ3v) is 4.57. The van der Waals surface area contributed by atoms with Crippen molar-refractivity contribution in [2.24, 2.45) is 0 Å². The first-order valence-electron chi connectivity index (χ1n) is 7.50. The molecule has 1 saturated carbocycles. The summed E-state index contributed by atoms with van der Waals surface area (Å²) in [6.07, 6.45) is 6.77. The molecule has 4 nitrogen and oxygen atoms in total. The van der Waals surface area contributed by atoms with E-state index in [0.717, 1.165) is 37.5 Å². The maximum Gasteiger partial charge on any atom is 0.197 e. The number of ether oxygens (including phenoxy) is 1. The van der Waals surface area contributed by atoms with E-state index in [1.54, 1.807) is 0 Å². The summed E-state index contributed by atoms with van der Waals surface area (Å²) in [7, 11) is 0. The summed E-state index contributed by atoms with van der Waals surface area (Å²) in [4.78, 5) is 7.03. The zero-order valence-electron chi connectivity index (χ0n) is 12.4. The van der Waals surface area contributed by atoms with Gasteiger partial charge < -0.3 is 9.15 Å². The van der Waals surface area contributed by atoms with Crippen LogP contribution in [-0.2, 0) is 4.74 Å². The Bertz CT molecular complexity index is 416. The molecule has 0 bridgehead atoms. The van der Waals surface area contributed by atoms with Crippen LogP contribution in [-0.4, -0.2) is 41.7 Å². The molecule has 5 heteroatoms. The van der Waals surface area contributed by atoms with E-state index in [2.05, 4.69) is 16.8 Å². The smallest absolute Gasteiger partial charge is 0.197 e. The van der Waals surface area contributed by atoms with Crippen molar-refractivity contribution >= 4 is 12.4 Å². The fourth-order valence-electron chi connectivity index (χ4n) is 3.50. The number of aromatic nitrogens is 1. The number of aryl methyl sites for hydroxylation is 1. The van der Waals surface area contributed by atoms with Gasteiger partial charge in [-0.3, -0.25) is 4.90 Å². The van der Waals surface area contributed by atoms with Crippen LogP contribution < -0.4 is 0 Å². The van der Waals surface area contributed by atoms with E-state index in [-0.39, 0.29) is 12.4 Å². The quantitative estimate of drug-likeness (QED) is 0.841. The van der Waals surface area contributed by atoms with Crippen LogP contribution in [0, 0.1) is 6.92 Å². The monoisotopic (exact) mass is 300 g/mol. The average molecular weight is 301 g/mol. The van der Waals surface area contributed by atoms with Crippen molar-refractivity contribution in [2.45, 2.75) is 57.5 Å². The second kappa shape index (κ2) is 6.92. The van der Waals surface area contributed by atoms with E-state index in [0.29, 0.717) is 12.0 Å². The van der Waals surface area contributed by atoms with Crippen molar-refractivity contribution in [2.75, 3.05) is 19.8 Å². The van der Waals surface area contributed by atoms with Gasteiger partial charge in [-0.1, -0.05) is 0 Å². The molecular weight excluding hydrogens is 276 g/mol. The Labute approximate surface area is 127 Å². The lowest BCUT2D eigenvalue weighted by Gasteiger charge is -2.42. The van der Waals surface area contributed by atoms with E-state index in [1.807, 2.05) is 13.1 Å². The molecule has 20 heavy (non-hydrogen) atoms. The number of oxazole rings is 1. The van der Waals surface area contributed by atoms with Crippen molar-refractivity contribution in [1.29, 1.82) is 0 Å². The molecule has 1 saturated heterocycles. The van der Waals surface area contributed by atoms with Gasteiger partial charge in [0.05, 0.1) is 19.4 Å². The second-order valence-corrected chi connectivity index (χ2v) is 5.98. The highest BCUT2D eigenvalue weighted by molar-refractivity contribution is 5.85. The van der Waals surface area contributed by atoms with E-state index < -0.39 is 0 Å². The fourth-order valence-corrected chi connectivity index (χ4v) is 3.50. The highest BCUT2D eigenvalue weighted by Crippen LogP contribution is 2.35. The molecule has 2 fully saturated rings. The van der Waals surface area contributed by atoms with Crippen LogP contribution in [0.3, 0.4) is 0 Å². The van der Waals surface area contributed by atoms with Gasteiger partial charge in [-0.2, -0.15) is 0 Å². The molecule has 1 aromatic rings. The number of halogens is 1. The van der Waals surface area contributed by atoms with Crippen LogP contribution in [0.4, 0.5) is 0 Å². The highest BCUT2D eigenvalue weighted by atomic mass is 35.5. The summed E-state index contributed by atoms with van der Waals surface area (Å²) in [6.45, 7) is 7.12. The molecule has 2 heterocycles. The normalized spacial score (nSPS) is 31.8. The topological polar surface area (TPSA) is 38.5 Å². The molecule has 1 atom stereocenters. The molecule has 0 radical (unpaired) electrons. The summed E-state index contributed by atoms with van der Waals surface area (Å²) >= 11 is 0. The van der Waals surface area contributed by atoms with Crippen LogP contribution in [0.25, 0.3) is 0 Å². The van der Waals surface area contributed by atoms with Gasteiger partial charge >= 0.3 is 0 Å². The minimum absolute atomic E-state index is 0. The Balaban J connectivity index is 0.00000147. The highest BCUT2D eigenvalue weighted by Gasteiger charge is 2.32. The predicted octanol–water partition coefficient (Wildman–Crippen LogP) is 3.15. The average Bonchev–Trinajstić information content (AvgIpc) is 2.86. The molecule has 0 N–H and O–H groups in total. The number of morpholine rings is 1. The Hall–Kier alpha value is -0.580. The second-order valence-electron chi connectivity index (χ2n) is 5.98. The van der Waals surface area contributed by atoms with Gasteiger partial charge in [0.2, 0.25) is 0 Å². The first kappa shape index (κ1) is 15.8. The Kier molecular flexibility index (Phi) is 5.47. The van der Waals surface area contributed by atoms with Crippen LogP contribution in [0.2, 0.25) is 0 Å². The first-order valence-corrected chi connectivity index (χ1v) is 7.50. The zero-order valence-corrected chi connectivity index (χ0v) is 13.2. The van der Waals surface area contributed by atoms with Gasteiger partial charge in [-0.15, -0.1) is 12.4 Å². The van der Waals surface area contributed by atoms with E-state index in [9.17, 15) is 0 Å². The van der Waals surface area contributed by atoms with Crippen molar-refractivity contribution in [1.82, 2.24) is 9.88 Å². The largest absolute Gasteiger partial charge is 0.446 e. The minimum atomic E-state index is 0. The molecule has 0 aromatic carbocycles. The Morgan fingerprint density at radius 2 is 2.00 bits per heavy atom. The van der Waals surface area contributed by atoms with Gasteiger partial charge in [0, 0.05) is 24.5 Å². The summed E-state index contributed by atoms with van der Waals surface area (Å²) in [5.41, 5.74) is 0. The molecule has 1 aliphatic heterocycles. The number of rotatable bonds is 2. The van der Waals surface area contributed by atoms with Gasteiger partial charge in [-0.25, -0.2) is 4.98 Å². The van der Waals surface area contributed by atoms with Crippen molar-refractivity contribution < 1.29 is 9.15 Å². The van der Waals surface area contributed by atoms with E-state index in [1.165, 1.54) is 25.7 Å². The summed E-state index contributed by atoms with van der Waals surface area (Å²) in [6, 6.07) is 1.30. The number of hydrogen-bond acceptors (Lipinski definition) is 4. The number of hydrogen-bond donors (Lipinski definition) is 0. The minimum Gasteiger partial charge on any atom is -0.446 e. The van der Waals surface area contributed by atoms with Crippen LogP contribution in [0.5, 0.6) is 0 Å². The first-order chi connectivity index (χ1) is 9.24. The van der Waals surface area contributed by atoms with Gasteiger partial charge in [0.15, 0.2) is 5.89 Å². The van der Waals surface area contributed by atoms with E-state index in [4.69, 9.17) is 9.15 Å². The fraction of sp³-hybridized carbons (Fsp3) is 0.800. The van der Waals surface area contributed by atoms with Gasteiger partial charge in [0.1, 0.15) is 5.76 Å². The summed E-state index contributed by atoms with van der Waals surface area (Å²) in [5.74, 6) is 2.41. The van der Waals surface area contributed by atoms with Gasteiger partial charge in [0.25, 0.3) is 0 Å². The molecule has 0 spiro atoms. The van der Waals surface area contributed by atoms with Crippen LogP contribution in [0.15, 0.2) is 10.6 Å². The lowest BCUT2D eigenvalue weighted by Crippen LogP contribution is -2.50. The SMILES string of the molecule is Cc1cnc(C2CCC(N3CCOCC3C)CC2)o1.Cl. The van der Waals surface area contributed by atoms with Crippen molar-refractivity contribution in [3.05, 3.63) is 17.8 Å². The molecular formula is C15H25ClN2O2. The molecule has 0 amide bonds. The third kappa shape index (κ3) is 3.35. The lowest BCUT2D eigenvalue weighted by molar-refractivity contribution is -0.0306. The third-order valence-electron chi connectivity index (χ3n) is 4.57. The Morgan fingerprint density at radius 1 is 1.25 bits per heavy atom. The maximum absolute atomic E-state index is 5.68. The maximum atomic E-state index is 5.68. The van der Waals surface area contributed by atoms with Crippen LogP contribution in [0.1, 0.15) is 50.2 Å². The van der Waals surface area contributed by atoms with Crippen molar-refractivity contribution in [3.8, 4) is 0 Å². The molecule has 1 unspecified atom stereocenters. The summed E-state index contributed by atoms with van der Waals surface area (Å²) < 4.78 is 11.2. The molecule has 114 valence electrons. The lowest BCUT2D eigenvalue weighted by atomic mass is 9.84. The number of nitrogens with zero attached hydrogens (tertiary/aromatic N) is 2. The van der Waals surface area contributed by atoms with Gasteiger partial charge in [-0.05, 0) is 39.5 Å². The van der Waals surface area contributed by atoms with Crippen LogP contribution >= 0.6 is 12.4 Å². The van der Waals surface area contributed by atoms with Crippen molar-refractivity contribution in [3.63, 3.8) is 0 Å².